The van der Waals surface area contributed by atoms with Gasteiger partial charge in [0, 0.05) is 32.6 Å². The molecule has 3 rings (SSSR count). The predicted octanol–water partition coefficient (Wildman–Crippen LogP) is 1.94. The number of carbonyl (C=O) groups excluding carboxylic acids is 1. The van der Waals surface area contributed by atoms with E-state index in [0.717, 1.165) is 12.8 Å². The molecule has 0 radical (unpaired) electrons. The van der Waals surface area contributed by atoms with Crippen LogP contribution >= 0.6 is 12.4 Å². The van der Waals surface area contributed by atoms with E-state index in [1.807, 2.05) is 0 Å². The Morgan fingerprint density at radius 1 is 1.19 bits per heavy atom. The fraction of sp³-hybridized carbons (Fsp3) is 0.667. The highest BCUT2D eigenvalue weighted by Gasteiger charge is 2.41. The second-order valence-corrected chi connectivity index (χ2v) is 5.03. The lowest BCUT2D eigenvalue weighted by atomic mass is 10.1. The molecule has 0 spiro atoms. The summed E-state index contributed by atoms with van der Waals surface area (Å²) < 4.78 is 40.3. The van der Waals surface area contributed by atoms with Crippen molar-refractivity contribution in [2.45, 2.75) is 38.5 Å². The number of amides is 1. The third-order valence-corrected chi connectivity index (χ3v) is 3.69. The van der Waals surface area contributed by atoms with Crippen molar-refractivity contribution in [1.82, 2.24) is 14.9 Å². The van der Waals surface area contributed by atoms with Crippen molar-refractivity contribution in [2.75, 3.05) is 18.0 Å². The molecule has 118 valence electrons. The minimum atomic E-state index is -4.50. The number of hydrogen-bond acceptors (Lipinski definition) is 3. The molecule has 1 aromatic heterocycles. The summed E-state index contributed by atoms with van der Waals surface area (Å²) in [5.41, 5.74) is 0.457. The summed E-state index contributed by atoms with van der Waals surface area (Å²) in [4.78, 5) is 17.1. The fourth-order valence-electron chi connectivity index (χ4n) is 2.75. The van der Waals surface area contributed by atoms with Gasteiger partial charge in [0.2, 0.25) is 11.7 Å². The van der Waals surface area contributed by atoms with E-state index in [-0.39, 0.29) is 30.7 Å². The van der Waals surface area contributed by atoms with E-state index in [0.29, 0.717) is 31.7 Å². The van der Waals surface area contributed by atoms with E-state index < -0.39 is 12.0 Å². The molecule has 21 heavy (non-hydrogen) atoms. The van der Waals surface area contributed by atoms with Crippen LogP contribution in [0.25, 0.3) is 0 Å². The largest absolute Gasteiger partial charge is 0.449 e. The quantitative estimate of drug-likeness (QED) is 0.859. The average molecular weight is 325 g/mol. The van der Waals surface area contributed by atoms with Crippen LogP contribution in [0.2, 0.25) is 0 Å². The Kier molecular flexibility index (Phi) is 4.48. The van der Waals surface area contributed by atoms with Gasteiger partial charge in [-0.3, -0.25) is 9.69 Å². The monoisotopic (exact) mass is 324 g/mol. The maximum absolute atomic E-state index is 13.0. The van der Waals surface area contributed by atoms with Crippen LogP contribution in [0, 0.1) is 0 Å². The molecule has 9 heteroatoms. The van der Waals surface area contributed by atoms with E-state index in [1.54, 1.807) is 0 Å². The first-order chi connectivity index (χ1) is 9.48. The van der Waals surface area contributed by atoms with Crippen LogP contribution < -0.4 is 10.2 Å². The Labute approximate surface area is 125 Å². The lowest BCUT2D eigenvalue weighted by Gasteiger charge is -2.27. The molecule has 1 amide bonds. The Balaban J connectivity index is 0.00000161. The third-order valence-electron chi connectivity index (χ3n) is 3.69. The zero-order chi connectivity index (χ0) is 14.3. The minimum Gasteiger partial charge on any atom is -0.320 e. The molecule has 0 saturated carbocycles. The van der Waals surface area contributed by atoms with Gasteiger partial charge in [-0.15, -0.1) is 12.4 Å². The number of alkyl halides is 3. The maximum Gasteiger partial charge on any atom is 0.449 e. The van der Waals surface area contributed by atoms with Gasteiger partial charge in [0.1, 0.15) is 0 Å². The second-order valence-electron chi connectivity index (χ2n) is 5.03. The number of anilines is 1. The number of halogens is 4. The summed E-state index contributed by atoms with van der Waals surface area (Å²) in [6, 6.07) is 0. The van der Waals surface area contributed by atoms with Crippen molar-refractivity contribution >= 4 is 24.1 Å². The standard InChI is InChI=1S/C12H15F3N4O.ClH/c13-12(14,15)11-17-10(8-7-16-4-6-18(8)11)19-5-2-1-3-9(19)20;/h16H,1-7H2;1H. The molecule has 5 nitrogen and oxygen atoms in total. The number of nitrogens with zero attached hydrogens (tertiary/aromatic N) is 3. The Morgan fingerprint density at radius 2 is 1.95 bits per heavy atom. The summed E-state index contributed by atoms with van der Waals surface area (Å²) in [7, 11) is 0. The summed E-state index contributed by atoms with van der Waals surface area (Å²) in [5.74, 6) is -0.868. The molecule has 2 aliphatic heterocycles. The highest BCUT2D eigenvalue weighted by atomic mass is 35.5. The summed E-state index contributed by atoms with van der Waals surface area (Å²) in [6.45, 7) is 1.45. The molecule has 0 aromatic carbocycles. The topological polar surface area (TPSA) is 50.2 Å². The molecule has 0 bridgehead atoms. The third kappa shape index (κ3) is 2.87. The van der Waals surface area contributed by atoms with E-state index in [9.17, 15) is 18.0 Å². The zero-order valence-corrected chi connectivity index (χ0v) is 12.1. The van der Waals surface area contributed by atoms with Crippen LogP contribution in [0.5, 0.6) is 0 Å². The minimum absolute atomic E-state index is 0. The molecule has 1 N–H and O–H groups in total. The lowest BCUT2D eigenvalue weighted by molar-refractivity contribution is -0.147. The molecular formula is C12H16ClF3N4O. The van der Waals surface area contributed by atoms with E-state index in [1.165, 1.54) is 9.47 Å². The SMILES string of the molecule is Cl.O=C1CCCCN1c1nc(C(F)(F)F)n2c1CNCC2. The van der Waals surface area contributed by atoms with Crippen molar-refractivity contribution in [3.63, 3.8) is 0 Å². The van der Waals surface area contributed by atoms with Crippen molar-refractivity contribution in [3.05, 3.63) is 11.5 Å². The molecule has 1 saturated heterocycles. The number of piperidine rings is 1. The Bertz CT molecular complexity index is 543. The number of rotatable bonds is 1. The first-order valence-electron chi connectivity index (χ1n) is 6.66. The molecule has 3 heterocycles. The zero-order valence-electron chi connectivity index (χ0n) is 11.2. The van der Waals surface area contributed by atoms with Crippen molar-refractivity contribution in [3.8, 4) is 0 Å². The summed E-state index contributed by atoms with van der Waals surface area (Å²) in [6.07, 6.45) is -2.53. The molecule has 1 fully saturated rings. The van der Waals surface area contributed by atoms with Gasteiger partial charge in [-0.05, 0) is 12.8 Å². The van der Waals surface area contributed by atoms with Crippen LogP contribution in [0.3, 0.4) is 0 Å². The van der Waals surface area contributed by atoms with Gasteiger partial charge in [-0.1, -0.05) is 0 Å². The van der Waals surface area contributed by atoms with E-state index in [2.05, 4.69) is 10.3 Å². The van der Waals surface area contributed by atoms with Gasteiger partial charge in [0.05, 0.1) is 5.69 Å². The fourth-order valence-corrected chi connectivity index (χ4v) is 2.75. The van der Waals surface area contributed by atoms with Gasteiger partial charge >= 0.3 is 6.18 Å². The van der Waals surface area contributed by atoms with Crippen LogP contribution in [0.1, 0.15) is 30.8 Å². The van der Waals surface area contributed by atoms with Crippen molar-refractivity contribution in [2.24, 2.45) is 0 Å². The Morgan fingerprint density at radius 3 is 2.62 bits per heavy atom. The van der Waals surface area contributed by atoms with Gasteiger partial charge in [0.15, 0.2) is 5.82 Å². The number of aromatic nitrogens is 2. The lowest BCUT2D eigenvalue weighted by Crippen LogP contribution is -2.37. The summed E-state index contributed by atoms with van der Waals surface area (Å²) in [5, 5.41) is 3.03. The average Bonchev–Trinajstić information content (AvgIpc) is 2.79. The highest BCUT2D eigenvalue weighted by molar-refractivity contribution is 5.93. The summed E-state index contributed by atoms with van der Waals surface area (Å²) >= 11 is 0. The molecule has 1 aromatic rings. The van der Waals surface area contributed by atoms with Gasteiger partial charge < -0.3 is 9.88 Å². The highest BCUT2D eigenvalue weighted by Crippen LogP contribution is 2.35. The number of imidazole rings is 1. The number of fused-ring (bicyclic) bond motifs is 1. The van der Waals surface area contributed by atoms with Gasteiger partial charge in [-0.25, -0.2) is 4.98 Å². The van der Waals surface area contributed by atoms with E-state index in [4.69, 9.17) is 0 Å². The molecule has 0 atom stereocenters. The van der Waals surface area contributed by atoms with Crippen LogP contribution in [0.15, 0.2) is 0 Å². The maximum atomic E-state index is 13.0. The molecular weight excluding hydrogens is 309 g/mol. The van der Waals surface area contributed by atoms with Crippen molar-refractivity contribution < 1.29 is 18.0 Å². The van der Waals surface area contributed by atoms with Crippen LogP contribution in [-0.2, 0) is 24.1 Å². The number of nitrogens with one attached hydrogen (secondary N) is 1. The van der Waals surface area contributed by atoms with Gasteiger partial charge in [0.25, 0.3) is 0 Å². The second kappa shape index (κ2) is 5.84. The first-order valence-corrected chi connectivity index (χ1v) is 6.66. The van der Waals surface area contributed by atoms with Gasteiger partial charge in [-0.2, -0.15) is 13.2 Å². The van der Waals surface area contributed by atoms with E-state index >= 15 is 0 Å². The molecule has 0 unspecified atom stereocenters. The predicted molar refractivity (Wildman–Crippen MR) is 72.4 cm³/mol. The first kappa shape index (κ1) is 16.1. The number of hydrogen-bond donors (Lipinski definition) is 1. The van der Waals surface area contributed by atoms with Crippen molar-refractivity contribution in [1.29, 1.82) is 0 Å². The van der Waals surface area contributed by atoms with Crippen LogP contribution in [-0.4, -0.2) is 28.5 Å². The molecule has 0 aliphatic carbocycles. The molecule has 2 aliphatic rings. The smallest absolute Gasteiger partial charge is 0.320 e. The van der Waals surface area contributed by atoms with Crippen LogP contribution in [0.4, 0.5) is 19.0 Å². The number of carbonyl (C=O) groups is 1. The normalized spacial score (nSPS) is 19.2. The Hall–Kier alpha value is -1.28.